The van der Waals surface area contributed by atoms with Gasteiger partial charge in [0.05, 0.1) is 5.56 Å². The van der Waals surface area contributed by atoms with Crippen LogP contribution < -0.4 is 0 Å². The van der Waals surface area contributed by atoms with Gasteiger partial charge in [-0.1, -0.05) is 29.8 Å². The van der Waals surface area contributed by atoms with Gasteiger partial charge in [-0.05, 0) is 23.8 Å². The SMILES string of the molecule is FC(F)(F)c1ccccc1-c1cccnc1Cl. The van der Waals surface area contributed by atoms with Gasteiger partial charge in [0.2, 0.25) is 0 Å². The third-order valence-electron chi connectivity index (χ3n) is 2.28. The lowest BCUT2D eigenvalue weighted by atomic mass is 10.0. The third kappa shape index (κ3) is 2.42. The summed E-state index contributed by atoms with van der Waals surface area (Å²) >= 11 is 5.80. The summed E-state index contributed by atoms with van der Waals surface area (Å²) in [5.41, 5.74) is -0.393. The Morgan fingerprint density at radius 1 is 0.941 bits per heavy atom. The maximum atomic E-state index is 12.8. The zero-order valence-corrected chi connectivity index (χ0v) is 9.26. The third-order valence-corrected chi connectivity index (χ3v) is 2.58. The lowest BCUT2D eigenvalue weighted by Gasteiger charge is -2.13. The number of hydrogen-bond donors (Lipinski definition) is 0. The van der Waals surface area contributed by atoms with Crippen LogP contribution in [0.5, 0.6) is 0 Å². The van der Waals surface area contributed by atoms with Crippen LogP contribution in [0.3, 0.4) is 0 Å². The van der Waals surface area contributed by atoms with E-state index in [1.807, 2.05) is 0 Å². The van der Waals surface area contributed by atoms with Gasteiger partial charge < -0.3 is 0 Å². The molecule has 5 heteroatoms. The zero-order valence-electron chi connectivity index (χ0n) is 8.50. The molecule has 0 saturated carbocycles. The molecular formula is C12H7ClF3N. The Morgan fingerprint density at radius 2 is 1.59 bits per heavy atom. The van der Waals surface area contributed by atoms with Crippen molar-refractivity contribution < 1.29 is 13.2 Å². The Hall–Kier alpha value is -1.55. The van der Waals surface area contributed by atoms with Gasteiger partial charge in [-0.15, -0.1) is 0 Å². The van der Waals surface area contributed by atoms with E-state index in [2.05, 4.69) is 4.98 Å². The monoisotopic (exact) mass is 257 g/mol. The molecule has 0 aliphatic carbocycles. The number of aromatic nitrogens is 1. The largest absolute Gasteiger partial charge is 0.417 e. The molecule has 0 spiro atoms. The average Bonchev–Trinajstić information content (AvgIpc) is 2.28. The molecular weight excluding hydrogens is 251 g/mol. The quantitative estimate of drug-likeness (QED) is 0.689. The summed E-state index contributed by atoms with van der Waals surface area (Å²) in [5.74, 6) is 0. The van der Waals surface area contributed by atoms with Crippen LogP contribution in [-0.4, -0.2) is 4.98 Å². The van der Waals surface area contributed by atoms with Crippen molar-refractivity contribution in [3.05, 3.63) is 53.3 Å². The van der Waals surface area contributed by atoms with Gasteiger partial charge in [-0.25, -0.2) is 4.98 Å². The van der Waals surface area contributed by atoms with Crippen LogP contribution in [0, 0.1) is 0 Å². The van der Waals surface area contributed by atoms with Crippen LogP contribution in [0.15, 0.2) is 42.6 Å². The van der Waals surface area contributed by atoms with E-state index in [1.54, 1.807) is 6.07 Å². The highest BCUT2D eigenvalue weighted by Crippen LogP contribution is 2.38. The van der Waals surface area contributed by atoms with Crippen LogP contribution in [0.1, 0.15) is 5.56 Å². The van der Waals surface area contributed by atoms with E-state index in [0.717, 1.165) is 6.07 Å². The van der Waals surface area contributed by atoms with Crippen molar-refractivity contribution >= 4 is 11.6 Å². The summed E-state index contributed by atoms with van der Waals surface area (Å²) in [6.45, 7) is 0. The summed E-state index contributed by atoms with van der Waals surface area (Å²) in [7, 11) is 0. The van der Waals surface area contributed by atoms with Gasteiger partial charge in [-0.2, -0.15) is 13.2 Å². The van der Waals surface area contributed by atoms with E-state index in [0.29, 0.717) is 0 Å². The Labute approximate surface area is 101 Å². The highest BCUT2D eigenvalue weighted by atomic mass is 35.5. The van der Waals surface area contributed by atoms with Crippen LogP contribution in [-0.2, 0) is 6.18 Å². The molecule has 1 heterocycles. The fourth-order valence-corrected chi connectivity index (χ4v) is 1.77. The lowest BCUT2D eigenvalue weighted by Crippen LogP contribution is -2.07. The highest BCUT2D eigenvalue weighted by Gasteiger charge is 2.33. The molecule has 0 aliphatic rings. The molecule has 0 atom stereocenters. The fraction of sp³-hybridized carbons (Fsp3) is 0.0833. The smallest absolute Gasteiger partial charge is 0.244 e. The van der Waals surface area contributed by atoms with Crippen LogP contribution in [0.4, 0.5) is 13.2 Å². The molecule has 0 unspecified atom stereocenters. The summed E-state index contributed by atoms with van der Waals surface area (Å²) < 4.78 is 38.4. The molecule has 1 nitrogen and oxygen atoms in total. The molecule has 0 bridgehead atoms. The Kier molecular flexibility index (Phi) is 3.07. The van der Waals surface area contributed by atoms with E-state index < -0.39 is 11.7 Å². The van der Waals surface area contributed by atoms with Crippen molar-refractivity contribution in [3.63, 3.8) is 0 Å². The Balaban J connectivity index is 2.65. The Bertz CT molecular complexity index is 537. The minimum atomic E-state index is -4.41. The van der Waals surface area contributed by atoms with Crippen molar-refractivity contribution in [3.8, 4) is 11.1 Å². The molecule has 0 fully saturated rings. The van der Waals surface area contributed by atoms with Gasteiger partial charge in [0.1, 0.15) is 5.15 Å². The van der Waals surface area contributed by atoms with Crippen molar-refractivity contribution in [2.75, 3.05) is 0 Å². The lowest BCUT2D eigenvalue weighted by molar-refractivity contribution is -0.137. The molecule has 0 amide bonds. The second-order valence-electron chi connectivity index (χ2n) is 3.39. The minimum absolute atomic E-state index is 0.0399. The van der Waals surface area contributed by atoms with Gasteiger partial charge >= 0.3 is 6.18 Å². The number of alkyl halides is 3. The second kappa shape index (κ2) is 4.37. The van der Waals surface area contributed by atoms with E-state index in [9.17, 15) is 13.2 Å². The number of halogens is 4. The summed E-state index contributed by atoms with van der Waals surface area (Å²) in [5, 5.41) is 0.0594. The maximum Gasteiger partial charge on any atom is 0.417 e. The Morgan fingerprint density at radius 3 is 2.24 bits per heavy atom. The minimum Gasteiger partial charge on any atom is -0.244 e. The number of pyridine rings is 1. The number of benzene rings is 1. The molecule has 0 aliphatic heterocycles. The van der Waals surface area contributed by atoms with Crippen LogP contribution in [0.2, 0.25) is 5.15 Å². The summed E-state index contributed by atoms with van der Waals surface area (Å²) in [6, 6.07) is 8.35. The summed E-state index contributed by atoms with van der Waals surface area (Å²) in [6.07, 6.45) is -2.97. The van der Waals surface area contributed by atoms with Crippen molar-refractivity contribution in [2.45, 2.75) is 6.18 Å². The number of hydrogen-bond acceptors (Lipinski definition) is 1. The number of rotatable bonds is 1. The molecule has 0 saturated heterocycles. The van der Waals surface area contributed by atoms with Crippen molar-refractivity contribution in [1.29, 1.82) is 0 Å². The van der Waals surface area contributed by atoms with Crippen molar-refractivity contribution in [1.82, 2.24) is 4.98 Å². The predicted octanol–water partition coefficient (Wildman–Crippen LogP) is 4.42. The molecule has 1 aromatic heterocycles. The van der Waals surface area contributed by atoms with E-state index in [1.165, 1.54) is 30.5 Å². The van der Waals surface area contributed by atoms with Crippen molar-refractivity contribution in [2.24, 2.45) is 0 Å². The summed E-state index contributed by atoms with van der Waals surface area (Å²) in [4.78, 5) is 3.78. The van der Waals surface area contributed by atoms with Crippen LogP contribution >= 0.6 is 11.6 Å². The number of nitrogens with zero attached hydrogens (tertiary/aromatic N) is 1. The van der Waals surface area contributed by atoms with Gasteiger partial charge in [0.15, 0.2) is 0 Å². The molecule has 2 rings (SSSR count). The molecule has 1 aromatic carbocycles. The zero-order chi connectivity index (χ0) is 12.5. The highest BCUT2D eigenvalue weighted by molar-refractivity contribution is 6.32. The maximum absolute atomic E-state index is 12.8. The normalized spacial score (nSPS) is 11.5. The van der Waals surface area contributed by atoms with E-state index in [-0.39, 0.29) is 16.3 Å². The molecule has 0 radical (unpaired) electrons. The molecule has 2 aromatic rings. The van der Waals surface area contributed by atoms with Gasteiger partial charge in [0, 0.05) is 11.8 Å². The first-order valence-electron chi connectivity index (χ1n) is 4.77. The molecule has 17 heavy (non-hydrogen) atoms. The first-order valence-corrected chi connectivity index (χ1v) is 5.15. The fourth-order valence-electron chi connectivity index (χ4n) is 1.55. The van der Waals surface area contributed by atoms with Gasteiger partial charge in [0.25, 0.3) is 0 Å². The first kappa shape index (κ1) is 11.9. The van der Waals surface area contributed by atoms with E-state index >= 15 is 0 Å². The standard InChI is InChI=1S/C12H7ClF3N/c13-11-9(5-3-7-17-11)8-4-1-2-6-10(8)12(14,15)16/h1-7H. The molecule has 88 valence electrons. The average molecular weight is 258 g/mol. The second-order valence-corrected chi connectivity index (χ2v) is 3.74. The topological polar surface area (TPSA) is 12.9 Å². The van der Waals surface area contributed by atoms with Crippen LogP contribution in [0.25, 0.3) is 11.1 Å². The van der Waals surface area contributed by atoms with E-state index in [4.69, 9.17) is 11.6 Å². The predicted molar refractivity (Wildman–Crippen MR) is 59.7 cm³/mol. The van der Waals surface area contributed by atoms with Gasteiger partial charge in [-0.3, -0.25) is 0 Å². The first-order chi connectivity index (χ1) is 8.00. The molecule has 0 N–H and O–H groups in total.